The fourth-order valence-corrected chi connectivity index (χ4v) is 2.39. The molecule has 0 aliphatic heterocycles. The molecule has 22 heavy (non-hydrogen) atoms. The Morgan fingerprint density at radius 2 is 1.18 bits per heavy atom. The first-order chi connectivity index (χ1) is 9.60. The largest absolute Gasteiger partial charge is 0.480 e. The van der Waals surface area contributed by atoms with Crippen molar-refractivity contribution in [3.8, 4) is 0 Å². The van der Waals surface area contributed by atoms with Crippen LogP contribution in [0.25, 0.3) is 4.13 Å². The Labute approximate surface area is 121 Å². The van der Waals surface area contributed by atoms with E-state index in [9.17, 15) is 43.2 Å². The Bertz CT molecular complexity index is 640. The maximum Gasteiger partial charge on any atom is 0.480 e. The molecule has 0 spiro atoms. The third-order valence-electron chi connectivity index (χ3n) is 1.67. The second kappa shape index (κ2) is 6.78. The van der Waals surface area contributed by atoms with Crippen molar-refractivity contribution in [2.45, 2.75) is 17.9 Å². The molecule has 0 amide bonds. The van der Waals surface area contributed by atoms with Crippen molar-refractivity contribution < 1.29 is 48.2 Å². The van der Waals surface area contributed by atoms with E-state index >= 15 is 0 Å². The van der Waals surface area contributed by atoms with Crippen molar-refractivity contribution in [1.82, 2.24) is 0 Å². The smallest absolute Gasteiger partial charge is 0.421 e. The van der Waals surface area contributed by atoms with E-state index in [0.29, 0.717) is 0 Å². The average molecular weight is 374 g/mol. The summed E-state index contributed by atoms with van der Waals surface area (Å²) in [6.45, 7) is 2.06. The molecule has 0 aliphatic carbocycles. The second-order valence-corrected chi connectivity index (χ2v) is 6.92. The number of aromatic amines is 1. The molecule has 14 heteroatoms. The Kier molecular flexibility index (Phi) is 6.35. The molecule has 1 aromatic rings. The van der Waals surface area contributed by atoms with Crippen LogP contribution in [0, 0.1) is 6.92 Å². The van der Waals surface area contributed by atoms with Crippen LogP contribution in [0.5, 0.6) is 0 Å². The molecule has 0 saturated carbocycles. The molecule has 1 heterocycles. The minimum Gasteiger partial charge on any atom is -0.421 e. The molecule has 0 unspecified atom stereocenters. The monoisotopic (exact) mass is 374 g/mol. The van der Waals surface area contributed by atoms with Crippen molar-refractivity contribution in [3.05, 3.63) is 34.2 Å². The van der Waals surface area contributed by atoms with Gasteiger partial charge in [-0.05, 0) is 12.5 Å². The zero-order valence-corrected chi connectivity index (χ0v) is 12.1. The molecule has 1 aromatic heterocycles. The molecular weight excluding hydrogens is 366 g/mol. The van der Waals surface area contributed by atoms with Crippen LogP contribution in [-0.2, 0) is 20.0 Å². The van der Waals surface area contributed by atoms with Crippen molar-refractivity contribution in [3.63, 3.8) is 0 Å². The van der Waals surface area contributed by atoms with Gasteiger partial charge in [-0.2, -0.15) is 26.3 Å². The predicted octanol–water partition coefficient (Wildman–Crippen LogP) is 1.87. The van der Waals surface area contributed by atoms with Gasteiger partial charge in [0.05, 0.1) is 0 Å². The Morgan fingerprint density at radius 3 is 1.36 bits per heavy atom. The Balaban J connectivity index is 0.000000518. The third-order valence-corrected chi connectivity index (χ3v) is 4.41. The van der Waals surface area contributed by atoms with Crippen LogP contribution >= 0.6 is 0 Å². The first-order valence-electron chi connectivity index (χ1n) is 4.90. The van der Waals surface area contributed by atoms with Crippen molar-refractivity contribution >= 4 is 20.0 Å². The lowest BCUT2D eigenvalue weighted by Gasteiger charge is -2.22. The van der Waals surface area contributed by atoms with E-state index in [0.717, 1.165) is 4.13 Å². The van der Waals surface area contributed by atoms with E-state index in [1.165, 1.54) is 5.56 Å². The number of nitrogens with one attached hydrogen (secondary N) is 1. The summed E-state index contributed by atoms with van der Waals surface area (Å²) in [7, 11) is -13.4. The summed E-state index contributed by atoms with van der Waals surface area (Å²) in [5, 5.41) is 0. The fourth-order valence-electron chi connectivity index (χ4n) is 0.684. The first-order valence-corrected chi connectivity index (χ1v) is 7.78. The van der Waals surface area contributed by atoms with Gasteiger partial charge in [0.25, 0.3) is 0 Å². The maximum absolute atomic E-state index is 11.4. The normalized spacial score (nSPS) is 13.2. The quantitative estimate of drug-likeness (QED) is 0.738. The van der Waals surface area contributed by atoms with Gasteiger partial charge in [-0.3, -0.25) is 0 Å². The summed E-state index contributed by atoms with van der Waals surface area (Å²) in [6.07, 6.45) is 3.82. The number of alkyl halides is 6. The minimum atomic E-state index is -6.72. The molecule has 0 saturated heterocycles. The van der Waals surface area contributed by atoms with Gasteiger partial charge in [0.2, 0.25) is 0 Å². The van der Waals surface area contributed by atoms with Gasteiger partial charge in [-0.1, -0.05) is 0 Å². The maximum atomic E-state index is 11.4. The number of sulfonamides is 2. The number of pyridine rings is 1. The number of nitrogens with zero attached hydrogens (tertiary/aromatic N) is 1. The number of H-pyrrole nitrogens is 1. The Morgan fingerprint density at radius 1 is 0.864 bits per heavy atom. The van der Waals surface area contributed by atoms with E-state index in [4.69, 9.17) is 0 Å². The van der Waals surface area contributed by atoms with E-state index < -0.39 is 31.1 Å². The molecule has 0 radical (unpaired) electrons. The van der Waals surface area contributed by atoms with Crippen molar-refractivity contribution in [1.29, 1.82) is 0 Å². The summed E-state index contributed by atoms with van der Waals surface area (Å²) in [4.78, 5) is 2.93. The fraction of sp³-hybridized carbons (Fsp3) is 0.375. The summed E-state index contributed by atoms with van der Waals surface area (Å²) in [5.74, 6) is 0. The van der Waals surface area contributed by atoms with Gasteiger partial charge in [0.1, 0.15) is 0 Å². The lowest BCUT2D eigenvalue weighted by Crippen LogP contribution is -2.30. The molecule has 128 valence electrons. The molecule has 0 fully saturated rings. The van der Waals surface area contributed by atoms with Gasteiger partial charge >= 0.3 is 11.0 Å². The number of halogens is 6. The number of hydrogen-bond donors (Lipinski definition) is 0. The van der Waals surface area contributed by atoms with Gasteiger partial charge < -0.3 is 4.13 Å². The molecular formula is C8H8F6N2O4S2. The topological polar surface area (TPSA) is 96.5 Å². The number of rotatable bonds is 2. The van der Waals surface area contributed by atoms with Crippen LogP contribution in [0.1, 0.15) is 5.56 Å². The second-order valence-electron chi connectivity index (χ2n) is 3.49. The van der Waals surface area contributed by atoms with Crippen molar-refractivity contribution in [2.75, 3.05) is 0 Å². The highest BCUT2D eigenvalue weighted by Crippen LogP contribution is 2.36. The first kappa shape index (κ1) is 20.6. The predicted molar refractivity (Wildman–Crippen MR) is 61.0 cm³/mol. The molecule has 6 nitrogen and oxygen atoms in total. The number of hydrogen-bond acceptors (Lipinski definition) is 4. The highest BCUT2D eigenvalue weighted by atomic mass is 32.3. The zero-order valence-electron chi connectivity index (χ0n) is 10.5. The van der Waals surface area contributed by atoms with Crippen LogP contribution in [-0.4, -0.2) is 27.9 Å². The average Bonchev–Trinajstić information content (AvgIpc) is 2.26. The third kappa shape index (κ3) is 6.15. The van der Waals surface area contributed by atoms with Crippen LogP contribution in [0.4, 0.5) is 26.3 Å². The molecule has 1 N–H and O–H groups in total. The molecule has 0 aromatic carbocycles. The summed E-state index contributed by atoms with van der Waals surface area (Å²) in [6, 6.07) is 4.06. The van der Waals surface area contributed by atoms with Crippen LogP contribution in [0.3, 0.4) is 0 Å². The summed E-state index contributed by atoms with van der Waals surface area (Å²) in [5.41, 5.74) is -11.1. The molecule has 0 bridgehead atoms. The van der Waals surface area contributed by atoms with Gasteiger partial charge in [-0.25, -0.2) is 21.8 Å². The number of aryl methyl sites for hydroxylation is 1. The number of aromatic nitrogens is 1. The lowest BCUT2D eigenvalue weighted by atomic mass is 10.3. The van der Waals surface area contributed by atoms with Gasteiger partial charge in [0, 0.05) is 12.1 Å². The standard InChI is InChI=1S/C6H7N.C2F6NO4S2/c1-6-2-4-7-5-3-6;3-1(4,5)14(10,11)9-15(12,13)2(6,7)8/h2-5H,1H3;/q;-1/p+1. The summed E-state index contributed by atoms with van der Waals surface area (Å²) >= 11 is 0. The highest BCUT2D eigenvalue weighted by molar-refractivity contribution is 8.13. The van der Waals surface area contributed by atoms with E-state index in [-0.39, 0.29) is 0 Å². The molecule has 0 aliphatic rings. The van der Waals surface area contributed by atoms with E-state index in [2.05, 4.69) is 11.9 Å². The van der Waals surface area contributed by atoms with Crippen LogP contribution in [0.2, 0.25) is 0 Å². The van der Waals surface area contributed by atoms with E-state index in [1.807, 2.05) is 24.5 Å². The lowest BCUT2D eigenvalue weighted by molar-refractivity contribution is -0.378. The van der Waals surface area contributed by atoms with Crippen LogP contribution in [0.15, 0.2) is 24.5 Å². The zero-order chi connectivity index (χ0) is 17.8. The van der Waals surface area contributed by atoms with Gasteiger partial charge in [-0.15, -0.1) is 0 Å². The SMILES string of the molecule is Cc1cc[nH+]cc1.O=S(=O)([N-]S(=O)(=O)C(F)(F)F)C(F)(F)F. The molecule has 1 rings (SSSR count). The van der Waals surface area contributed by atoms with Gasteiger partial charge in [0.15, 0.2) is 32.4 Å². The Hall–Kier alpha value is -1.41. The van der Waals surface area contributed by atoms with Crippen molar-refractivity contribution in [2.24, 2.45) is 0 Å². The van der Waals surface area contributed by atoms with Crippen LogP contribution < -0.4 is 4.98 Å². The molecule has 0 atom stereocenters. The summed E-state index contributed by atoms with van der Waals surface area (Å²) < 4.78 is 109. The van der Waals surface area contributed by atoms with E-state index in [1.54, 1.807) is 0 Å². The highest BCUT2D eigenvalue weighted by Gasteiger charge is 2.46. The minimum absolute atomic E-state index is 0.778.